The number of carbonyl (C=O) groups excluding carboxylic acids is 2. The second kappa shape index (κ2) is 8.84. The number of carbonyl (C=O) groups is 2. The molecule has 32 heavy (non-hydrogen) atoms. The number of benzene rings is 1. The molecule has 0 saturated carbocycles. The van der Waals surface area contributed by atoms with E-state index < -0.39 is 11.7 Å². The van der Waals surface area contributed by atoms with E-state index in [2.05, 4.69) is 5.10 Å². The van der Waals surface area contributed by atoms with Crippen LogP contribution in [0.5, 0.6) is 5.75 Å². The number of rotatable bonds is 4. The van der Waals surface area contributed by atoms with Gasteiger partial charge < -0.3 is 14.5 Å². The van der Waals surface area contributed by atoms with Gasteiger partial charge in [-0.15, -0.1) is 0 Å². The molecule has 0 aliphatic carbocycles. The molecule has 2 aromatic rings. The molecule has 2 aliphatic heterocycles. The molecular weight excluding hydrogens is 425 g/mol. The van der Waals surface area contributed by atoms with Gasteiger partial charge in [0.1, 0.15) is 17.5 Å². The summed E-state index contributed by atoms with van der Waals surface area (Å²) in [6.07, 6.45) is -0.397. The fourth-order valence-corrected chi connectivity index (χ4v) is 4.09. The molecule has 0 bridgehead atoms. The molecule has 0 N–H and O–H groups in total. The maximum Gasteiger partial charge on any atom is 0.416 e. The summed E-state index contributed by atoms with van der Waals surface area (Å²) in [7, 11) is 0. The largest absolute Gasteiger partial charge is 0.490 e. The van der Waals surface area contributed by atoms with E-state index in [1.54, 1.807) is 11.0 Å². The highest BCUT2D eigenvalue weighted by molar-refractivity contribution is 5.92. The first-order valence-corrected chi connectivity index (χ1v) is 10.7. The number of halogens is 3. The number of alkyl halides is 3. The summed E-state index contributed by atoms with van der Waals surface area (Å²) in [5, 5.41) is 3.99. The van der Waals surface area contributed by atoms with Crippen molar-refractivity contribution in [3.8, 4) is 5.75 Å². The van der Waals surface area contributed by atoms with E-state index in [-0.39, 0.29) is 29.4 Å². The lowest BCUT2D eigenvalue weighted by atomic mass is 10.1. The van der Waals surface area contributed by atoms with Crippen LogP contribution in [-0.2, 0) is 6.18 Å². The van der Waals surface area contributed by atoms with Gasteiger partial charge in [0.05, 0.1) is 5.56 Å². The van der Waals surface area contributed by atoms with Crippen molar-refractivity contribution in [3.63, 3.8) is 0 Å². The van der Waals surface area contributed by atoms with Crippen molar-refractivity contribution < 1.29 is 27.5 Å². The van der Waals surface area contributed by atoms with Crippen LogP contribution < -0.4 is 9.64 Å². The lowest BCUT2D eigenvalue weighted by Gasteiger charge is -2.32. The van der Waals surface area contributed by atoms with Crippen LogP contribution >= 0.6 is 0 Å². The highest BCUT2D eigenvalue weighted by atomic mass is 19.4. The highest BCUT2D eigenvalue weighted by Gasteiger charge is 2.33. The van der Waals surface area contributed by atoms with Crippen LogP contribution in [0.1, 0.15) is 48.7 Å². The smallest absolute Gasteiger partial charge is 0.416 e. The highest BCUT2D eigenvalue weighted by Crippen LogP contribution is 2.36. The number of nitrogens with zero attached hydrogens (tertiary/aromatic N) is 4. The minimum atomic E-state index is -4.45. The zero-order valence-electron chi connectivity index (χ0n) is 17.8. The fraction of sp³-hybridized carbons (Fsp3) is 0.500. The Bertz CT molecular complexity index is 991. The predicted molar refractivity (Wildman–Crippen MR) is 111 cm³/mol. The van der Waals surface area contributed by atoms with Gasteiger partial charge in [-0.25, -0.2) is 4.79 Å². The molecule has 7 nitrogen and oxygen atoms in total. The van der Waals surface area contributed by atoms with Crippen LogP contribution in [0.25, 0.3) is 0 Å². The fourth-order valence-electron chi connectivity index (χ4n) is 4.09. The number of Topliss-reactive ketones (excluding diaryl/α,β-unsaturated/α-hetero) is 1. The Morgan fingerprint density at radius 1 is 1.06 bits per heavy atom. The van der Waals surface area contributed by atoms with E-state index in [0.717, 1.165) is 36.7 Å². The third-order valence-corrected chi connectivity index (χ3v) is 5.85. The van der Waals surface area contributed by atoms with Crippen molar-refractivity contribution in [3.05, 3.63) is 41.7 Å². The van der Waals surface area contributed by atoms with E-state index >= 15 is 0 Å². The van der Waals surface area contributed by atoms with Crippen LogP contribution in [-0.4, -0.2) is 58.8 Å². The zero-order valence-corrected chi connectivity index (χ0v) is 17.8. The number of aromatic nitrogens is 2. The molecular formula is C22H25F3N4O3. The Kier molecular flexibility index (Phi) is 6.12. The maximum absolute atomic E-state index is 13.4. The van der Waals surface area contributed by atoms with E-state index in [4.69, 9.17) is 4.74 Å². The second-order valence-corrected chi connectivity index (χ2v) is 8.20. The Morgan fingerprint density at radius 3 is 2.34 bits per heavy atom. The van der Waals surface area contributed by atoms with Crippen LogP contribution in [0.2, 0.25) is 0 Å². The third kappa shape index (κ3) is 4.89. The van der Waals surface area contributed by atoms with Crippen molar-refractivity contribution in [1.82, 2.24) is 14.7 Å². The first-order valence-electron chi connectivity index (χ1n) is 10.7. The minimum Gasteiger partial charge on any atom is -0.490 e. The molecule has 3 heterocycles. The van der Waals surface area contributed by atoms with Gasteiger partial charge >= 0.3 is 12.2 Å². The number of amides is 1. The molecule has 172 valence electrons. The van der Waals surface area contributed by atoms with Crippen LogP contribution in [0.15, 0.2) is 30.5 Å². The summed E-state index contributed by atoms with van der Waals surface area (Å²) in [6.45, 7) is 3.62. The maximum atomic E-state index is 13.4. The monoisotopic (exact) mass is 450 g/mol. The molecule has 10 heteroatoms. The van der Waals surface area contributed by atoms with Gasteiger partial charge in [-0.2, -0.15) is 23.0 Å². The summed E-state index contributed by atoms with van der Waals surface area (Å²) in [5.74, 6) is -0.0253. The summed E-state index contributed by atoms with van der Waals surface area (Å²) in [4.78, 5) is 27.5. The number of ether oxygens (including phenoxy) is 1. The summed E-state index contributed by atoms with van der Waals surface area (Å²) in [5.41, 5.74) is 0.0271. The normalized spacial score (nSPS) is 17.6. The minimum absolute atomic E-state index is 0.199. The number of hydrogen-bond acceptors (Lipinski definition) is 5. The van der Waals surface area contributed by atoms with Crippen LogP contribution in [0.4, 0.5) is 23.7 Å². The topological polar surface area (TPSA) is 67.7 Å². The quantitative estimate of drug-likeness (QED) is 0.653. The van der Waals surface area contributed by atoms with Crippen molar-refractivity contribution in [2.75, 3.05) is 31.1 Å². The van der Waals surface area contributed by atoms with E-state index in [0.29, 0.717) is 31.6 Å². The standard InChI is InChI=1S/C22H25F3N4O3/c1-15(30)20-6-11-29(26-20)21(31)28-9-4-18(5-10-28)32-19-13-16(22(23,24)25)12-17(14-19)27-7-2-3-8-27/h6,11-14,18H,2-5,7-10H2,1H3. The van der Waals surface area contributed by atoms with Gasteiger partial charge in [0.25, 0.3) is 0 Å². The molecule has 0 radical (unpaired) electrons. The van der Waals surface area contributed by atoms with Gasteiger partial charge in [0.2, 0.25) is 0 Å². The van der Waals surface area contributed by atoms with Crippen molar-refractivity contribution in [2.24, 2.45) is 0 Å². The first kappa shape index (κ1) is 22.2. The van der Waals surface area contributed by atoms with E-state index in [1.165, 1.54) is 25.3 Å². The molecule has 2 aliphatic rings. The van der Waals surface area contributed by atoms with Gasteiger partial charge in [0.15, 0.2) is 5.78 Å². The number of anilines is 1. The third-order valence-electron chi connectivity index (χ3n) is 5.85. The summed E-state index contributed by atoms with van der Waals surface area (Å²) in [6, 6.07) is 5.04. The van der Waals surface area contributed by atoms with Crippen LogP contribution in [0, 0.1) is 0 Å². The van der Waals surface area contributed by atoms with Crippen molar-refractivity contribution >= 4 is 17.5 Å². The number of hydrogen-bond donors (Lipinski definition) is 0. The molecule has 1 aromatic heterocycles. The van der Waals surface area contributed by atoms with E-state index in [9.17, 15) is 22.8 Å². The van der Waals surface area contributed by atoms with Crippen molar-refractivity contribution in [2.45, 2.75) is 44.9 Å². The van der Waals surface area contributed by atoms with Crippen LogP contribution in [0.3, 0.4) is 0 Å². The molecule has 0 unspecified atom stereocenters. The van der Waals surface area contributed by atoms with Gasteiger partial charge in [0, 0.05) is 63.9 Å². The summed E-state index contributed by atoms with van der Waals surface area (Å²) < 4.78 is 47.3. The average molecular weight is 450 g/mol. The molecule has 2 fully saturated rings. The Hall–Kier alpha value is -3.04. The molecule has 4 rings (SSSR count). The predicted octanol–water partition coefficient (Wildman–Crippen LogP) is 4.22. The van der Waals surface area contributed by atoms with Gasteiger partial charge in [-0.1, -0.05) is 0 Å². The first-order chi connectivity index (χ1) is 15.2. The zero-order chi connectivity index (χ0) is 22.9. The van der Waals surface area contributed by atoms with E-state index in [1.807, 2.05) is 4.90 Å². The SMILES string of the molecule is CC(=O)c1ccn(C(=O)N2CCC(Oc3cc(N4CCCC4)cc(C(F)(F)F)c3)CC2)n1. The molecule has 2 saturated heterocycles. The lowest BCUT2D eigenvalue weighted by molar-refractivity contribution is -0.137. The molecule has 1 aromatic carbocycles. The Balaban J connectivity index is 1.41. The molecule has 0 spiro atoms. The number of piperidine rings is 1. The van der Waals surface area contributed by atoms with Crippen molar-refractivity contribution in [1.29, 1.82) is 0 Å². The number of ketones is 1. The second-order valence-electron chi connectivity index (χ2n) is 8.20. The van der Waals surface area contributed by atoms with Gasteiger partial charge in [-0.05, 0) is 31.0 Å². The number of likely N-dealkylation sites (tertiary alicyclic amines) is 1. The Morgan fingerprint density at radius 2 is 1.75 bits per heavy atom. The Labute approximate surface area is 183 Å². The molecule has 0 atom stereocenters. The lowest BCUT2D eigenvalue weighted by Crippen LogP contribution is -2.43. The average Bonchev–Trinajstić information content (AvgIpc) is 3.45. The molecule has 1 amide bonds. The summed E-state index contributed by atoms with van der Waals surface area (Å²) >= 11 is 0. The van der Waals surface area contributed by atoms with Gasteiger partial charge in [-0.3, -0.25) is 4.79 Å².